The van der Waals surface area contributed by atoms with E-state index in [9.17, 15) is 0 Å². The lowest BCUT2D eigenvalue weighted by molar-refractivity contribution is 0.392. The van der Waals surface area contributed by atoms with Gasteiger partial charge in [0.2, 0.25) is 0 Å². The normalized spacial score (nSPS) is 11.6. The molecular weight excluding hydrogens is 254 g/mol. The zero-order valence-corrected chi connectivity index (χ0v) is 11.3. The Kier molecular flexibility index (Phi) is 3.79. The quantitative estimate of drug-likeness (QED) is 0.897. The lowest BCUT2D eigenvalue weighted by atomic mass is 9.85. The fourth-order valence-electron chi connectivity index (χ4n) is 1.60. The van der Waals surface area contributed by atoms with Gasteiger partial charge in [-0.2, -0.15) is 0 Å². The van der Waals surface area contributed by atoms with E-state index in [2.05, 4.69) is 42.8 Å². The van der Waals surface area contributed by atoms with Crippen LogP contribution in [0.2, 0.25) is 0 Å². The third kappa shape index (κ3) is 2.73. The summed E-state index contributed by atoms with van der Waals surface area (Å²) in [6.07, 6.45) is 0. The largest absolute Gasteiger partial charge is 0.496 e. The van der Waals surface area contributed by atoms with Crippen molar-refractivity contribution in [2.75, 3.05) is 7.11 Å². The van der Waals surface area contributed by atoms with Gasteiger partial charge in [-0.1, -0.05) is 36.7 Å². The maximum atomic E-state index is 5.71. The first kappa shape index (κ1) is 12.5. The summed E-state index contributed by atoms with van der Waals surface area (Å²) in [5.41, 5.74) is 7.98. The minimum absolute atomic E-state index is 0.0546. The van der Waals surface area contributed by atoms with Crippen molar-refractivity contribution in [2.45, 2.75) is 32.7 Å². The number of rotatable bonds is 2. The Labute approximate surface area is 99.9 Å². The highest BCUT2D eigenvalue weighted by Gasteiger charge is 2.21. The van der Waals surface area contributed by atoms with Gasteiger partial charge in [-0.3, -0.25) is 0 Å². The van der Waals surface area contributed by atoms with Gasteiger partial charge in [0.05, 0.1) is 7.11 Å². The second kappa shape index (κ2) is 4.54. The van der Waals surface area contributed by atoms with E-state index in [0.29, 0.717) is 6.54 Å². The second-order valence-corrected chi connectivity index (χ2v) is 5.52. The van der Waals surface area contributed by atoms with E-state index in [1.54, 1.807) is 7.11 Å². The van der Waals surface area contributed by atoms with Crippen molar-refractivity contribution in [3.8, 4) is 5.75 Å². The maximum absolute atomic E-state index is 5.71. The Morgan fingerprint density at radius 3 is 2.33 bits per heavy atom. The standard InChI is InChI=1S/C12H18BrNO/c1-12(2,3)10-6-9(13)5-8(7-14)11(10)15-4/h5-6H,7,14H2,1-4H3. The van der Waals surface area contributed by atoms with Crippen molar-refractivity contribution in [3.63, 3.8) is 0 Å². The van der Waals surface area contributed by atoms with Gasteiger partial charge in [-0.05, 0) is 17.5 Å². The van der Waals surface area contributed by atoms with Crippen molar-refractivity contribution < 1.29 is 4.74 Å². The van der Waals surface area contributed by atoms with Crippen LogP contribution in [0.3, 0.4) is 0 Å². The molecule has 0 radical (unpaired) electrons. The third-order valence-corrected chi connectivity index (χ3v) is 2.82. The highest BCUT2D eigenvalue weighted by molar-refractivity contribution is 9.10. The fraction of sp³-hybridized carbons (Fsp3) is 0.500. The molecule has 3 heteroatoms. The highest BCUT2D eigenvalue weighted by atomic mass is 79.9. The third-order valence-electron chi connectivity index (χ3n) is 2.36. The van der Waals surface area contributed by atoms with Gasteiger partial charge in [0, 0.05) is 22.1 Å². The van der Waals surface area contributed by atoms with Gasteiger partial charge in [0.1, 0.15) is 5.75 Å². The first-order valence-electron chi connectivity index (χ1n) is 4.97. The molecular formula is C12H18BrNO. The summed E-state index contributed by atoms with van der Waals surface area (Å²) in [5.74, 6) is 0.910. The molecule has 0 aliphatic rings. The maximum Gasteiger partial charge on any atom is 0.127 e. The van der Waals surface area contributed by atoms with Crippen molar-refractivity contribution >= 4 is 15.9 Å². The molecule has 0 spiro atoms. The van der Waals surface area contributed by atoms with Crippen LogP contribution in [0.5, 0.6) is 5.75 Å². The molecule has 0 aromatic heterocycles. The molecule has 1 aromatic rings. The monoisotopic (exact) mass is 271 g/mol. The average Bonchev–Trinajstić information content (AvgIpc) is 2.15. The van der Waals surface area contributed by atoms with E-state index < -0.39 is 0 Å². The molecule has 0 aliphatic heterocycles. The van der Waals surface area contributed by atoms with Gasteiger partial charge >= 0.3 is 0 Å². The van der Waals surface area contributed by atoms with Gasteiger partial charge in [-0.25, -0.2) is 0 Å². The zero-order chi connectivity index (χ0) is 11.6. The van der Waals surface area contributed by atoms with Crippen LogP contribution in [0.1, 0.15) is 31.9 Å². The Balaban J connectivity index is 3.42. The predicted octanol–water partition coefficient (Wildman–Crippen LogP) is 3.21. The number of hydrogen-bond acceptors (Lipinski definition) is 2. The topological polar surface area (TPSA) is 35.2 Å². The number of ether oxygens (including phenoxy) is 1. The van der Waals surface area contributed by atoms with Crippen LogP contribution in [0, 0.1) is 0 Å². The zero-order valence-electron chi connectivity index (χ0n) is 9.73. The lowest BCUT2D eigenvalue weighted by Gasteiger charge is -2.24. The van der Waals surface area contributed by atoms with Gasteiger partial charge in [-0.15, -0.1) is 0 Å². The Morgan fingerprint density at radius 2 is 1.93 bits per heavy atom. The van der Waals surface area contributed by atoms with Crippen LogP contribution in [0.4, 0.5) is 0 Å². The molecule has 84 valence electrons. The van der Waals surface area contributed by atoms with Gasteiger partial charge in [0.25, 0.3) is 0 Å². The summed E-state index contributed by atoms with van der Waals surface area (Å²) in [7, 11) is 1.69. The van der Waals surface area contributed by atoms with E-state index in [-0.39, 0.29) is 5.41 Å². The molecule has 1 aromatic carbocycles. The summed E-state index contributed by atoms with van der Waals surface area (Å²) in [4.78, 5) is 0. The van der Waals surface area contributed by atoms with Crippen molar-refractivity contribution in [2.24, 2.45) is 5.73 Å². The van der Waals surface area contributed by atoms with Crippen LogP contribution in [-0.2, 0) is 12.0 Å². The molecule has 0 unspecified atom stereocenters. The van der Waals surface area contributed by atoms with Gasteiger partial charge in [0.15, 0.2) is 0 Å². The summed E-state index contributed by atoms with van der Waals surface area (Å²) < 4.78 is 6.50. The van der Waals surface area contributed by atoms with E-state index in [4.69, 9.17) is 10.5 Å². The number of benzene rings is 1. The number of methoxy groups -OCH3 is 1. The molecule has 0 saturated carbocycles. The molecule has 2 N–H and O–H groups in total. The number of halogens is 1. The Morgan fingerprint density at radius 1 is 1.33 bits per heavy atom. The molecule has 0 amide bonds. The van der Waals surface area contributed by atoms with Crippen molar-refractivity contribution in [3.05, 3.63) is 27.7 Å². The molecule has 0 bridgehead atoms. The van der Waals surface area contributed by atoms with E-state index in [0.717, 1.165) is 15.8 Å². The molecule has 15 heavy (non-hydrogen) atoms. The smallest absolute Gasteiger partial charge is 0.127 e. The number of hydrogen-bond donors (Lipinski definition) is 1. The van der Waals surface area contributed by atoms with Crippen LogP contribution >= 0.6 is 15.9 Å². The fourth-order valence-corrected chi connectivity index (χ4v) is 2.11. The average molecular weight is 272 g/mol. The van der Waals surface area contributed by atoms with E-state index in [1.807, 2.05) is 6.07 Å². The van der Waals surface area contributed by atoms with Crippen LogP contribution in [-0.4, -0.2) is 7.11 Å². The van der Waals surface area contributed by atoms with E-state index in [1.165, 1.54) is 5.56 Å². The first-order valence-corrected chi connectivity index (χ1v) is 5.76. The first-order chi connectivity index (χ1) is 6.90. The summed E-state index contributed by atoms with van der Waals surface area (Å²) in [6, 6.07) is 4.10. The molecule has 0 aliphatic carbocycles. The highest BCUT2D eigenvalue weighted by Crippen LogP contribution is 2.36. The molecule has 0 atom stereocenters. The molecule has 0 heterocycles. The van der Waals surface area contributed by atoms with Crippen LogP contribution in [0.15, 0.2) is 16.6 Å². The molecule has 2 nitrogen and oxygen atoms in total. The lowest BCUT2D eigenvalue weighted by Crippen LogP contribution is -2.15. The van der Waals surface area contributed by atoms with Crippen LogP contribution < -0.4 is 10.5 Å². The minimum Gasteiger partial charge on any atom is -0.496 e. The predicted molar refractivity (Wildman–Crippen MR) is 67.3 cm³/mol. The van der Waals surface area contributed by atoms with Crippen molar-refractivity contribution in [1.29, 1.82) is 0 Å². The molecule has 1 rings (SSSR count). The van der Waals surface area contributed by atoms with Crippen LogP contribution in [0.25, 0.3) is 0 Å². The Bertz CT molecular complexity index is 355. The number of nitrogens with two attached hydrogens (primary N) is 1. The molecule has 0 fully saturated rings. The second-order valence-electron chi connectivity index (χ2n) is 4.60. The van der Waals surface area contributed by atoms with Crippen molar-refractivity contribution in [1.82, 2.24) is 0 Å². The van der Waals surface area contributed by atoms with Gasteiger partial charge < -0.3 is 10.5 Å². The SMILES string of the molecule is COc1c(CN)cc(Br)cc1C(C)(C)C. The van der Waals surface area contributed by atoms with E-state index >= 15 is 0 Å². The Hall–Kier alpha value is -0.540. The molecule has 0 saturated heterocycles. The summed E-state index contributed by atoms with van der Waals surface area (Å²) >= 11 is 3.50. The minimum atomic E-state index is 0.0546. The summed E-state index contributed by atoms with van der Waals surface area (Å²) in [6.45, 7) is 6.98. The summed E-state index contributed by atoms with van der Waals surface area (Å²) in [5, 5.41) is 0.